The Bertz CT molecular complexity index is 1210. The number of ether oxygens (including phenoxy) is 2. The van der Waals surface area contributed by atoms with Crippen LogP contribution in [0.25, 0.3) is 0 Å². The quantitative estimate of drug-likeness (QED) is 0.541. The zero-order valence-electron chi connectivity index (χ0n) is 18.1. The Morgan fingerprint density at radius 2 is 1.91 bits per heavy atom. The van der Waals surface area contributed by atoms with Crippen molar-refractivity contribution < 1.29 is 22.4 Å². The maximum atomic E-state index is 13.2. The lowest BCUT2D eigenvalue weighted by atomic mass is 10.2. The monoisotopic (exact) mass is 459 g/mol. The third-order valence-electron chi connectivity index (χ3n) is 5.36. The van der Waals surface area contributed by atoms with Crippen LogP contribution in [0, 0.1) is 13.8 Å². The van der Waals surface area contributed by atoms with Crippen LogP contribution in [-0.2, 0) is 14.6 Å². The highest BCUT2D eigenvalue weighted by Gasteiger charge is 2.30. The number of nitrogens with one attached hydrogen (secondary N) is 2. The molecule has 10 nitrogen and oxygen atoms in total. The summed E-state index contributed by atoms with van der Waals surface area (Å²) >= 11 is 0. The van der Waals surface area contributed by atoms with Gasteiger partial charge in [-0.2, -0.15) is 4.98 Å². The molecule has 0 atom stereocenters. The Balaban J connectivity index is 1.59. The predicted molar refractivity (Wildman–Crippen MR) is 119 cm³/mol. The van der Waals surface area contributed by atoms with E-state index in [4.69, 9.17) is 14.0 Å². The molecule has 2 N–H and O–H groups in total. The molecular weight excluding hydrogens is 434 g/mol. The molecular formula is C21H25N5O5S. The van der Waals surface area contributed by atoms with Crippen molar-refractivity contribution in [3.05, 3.63) is 41.7 Å². The first kappa shape index (κ1) is 22.0. The zero-order chi connectivity index (χ0) is 22.7. The van der Waals surface area contributed by atoms with Gasteiger partial charge in [-0.05, 0) is 44.9 Å². The highest BCUT2D eigenvalue weighted by atomic mass is 32.2. The normalized spacial score (nSPS) is 14.8. The molecule has 1 aliphatic rings. The molecule has 0 bridgehead atoms. The average molecular weight is 460 g/mol. The van der Waals surface area contributed by atoms with Gasteiger partial charge in [0.2, 0.25) is 11.8 Å². The Hall–Kier alpha value is -3.18. The Kier molecular flexibility index (Phi) is 6.28. The van der Waals surface area contributed by atoms with Gasteiger partial charge in [-0.15, -0.1) is 0 Å². The standard InChI is InChI=1S/C21H25N5O5S/c1-13-14(2)26-31-20(13)24-19-4-7-22-21(25-19)23-15-10-16(29-3)12-18(11-15)32(27,28)17-5-8-30-9-6-17/h4,7,10-12,17H,5-6,8-9H2,1-3H3,(H2,22,23,24,25). The minimum Gasteiger partial charge on any atom is -0.497 e. The van der Waals surface area contributed by atoms with E-state index in [0.29, 0.717) is 49.2 Å². The number of hydrogen-bond donors (Lipinski definition) is 2. The summed E-state index contributed by atoms with van der Waals surface area (Å²) < 4.78 is 42.2. The van der Waals surface area contributed by atoms with E-state index in [9.17, 15) is 8.42 Å². The molecule has 2 aromatic heterocycles. The first-order chi connectivity index (χ1) is 15.4. The van der Waals surface area contributed by atoms with E-state index in [1.54, 1.807) is 24.4 Å². The van der Waals surface area contributed by atoms with Crippen LogP contribution in [0.3, 0.4) is 0 Å². The average Bonchev–Trinajstić information content (AvgIpc) is 3.11. The van der Waals surface area contributed by atoms with Crippen molar-refractivity contribution in [3.63, 3.8) is 0 Å². The van der Waals surface area contributed by atoms with E-state index in [0.717, 1.165) is 11.3 Å². The molecule has 32 heavy (non-hydrogen) atoms. The molecule has 1 aromatic carbocycles. The summed E-state index contributed by atoms with van der Waals surface area (Å²) in [5.74, 6) is 1.70. The first-order valence-electron chi connectivity index (χ1n) is 10.2. The SMILES string of the molecule is COc1cc(Nc2nccc(Nc3onc(C)c3C)n2)cc(S(=O)(=O)C2CCOCC2)c1. The van der Waals surface area contributed by atoms with E-state index in [1.165, 1.54) is 13.2 Å². The molecule has 170 valence electrons. The fourth-order valence-electron chi connectivity index (χ4n) is 3.37. The van der Waals surface area contributed by atoms with E-state index in [-0.39, 0.29) is 10.8 Å². The topological polar surface area (TPSA) is 128 Å². The minimum atomic E-state index is -3.53. The second kappa shape index (κ2) is 9.13. The van der Waals surface area contributed by atoms with Crippen LogP contribution in [0.4, 0.5) is 23.3 Å². The number of sulfone groups is 1. The van der Waals surface area contributed by atoms with E-state index >= 15 is 0 Å². The molecule has 1 fully saturated rings. The second-order valence-corrected chi connectivity index (χ2v) is 9.72. The molecule has 0 aliphatic carbocycles. The van der Waals surface area contributed by atoms with Crippen LogP contribution < -0.4 is 15.4 Å². The van der Waals surface area contributed by atoms with Crippen LogP contribution in [0.2, 0.25) is 0 Å². The molecule has 3 aromatic rings. The van der Waals surface area contributed by atoms with Crippen molar-refractivity contribution in [1.29, 1.82) is 0 Å². The van der Waals surface area contributed by atoms with E-state index in [1.807, 2.05) is 13.8 Å². The van der Waals surface area contributed by atoms with Gasteiger partial charge in [0.1, 0.15) is 11.6 Å². The third kappa shape index (κ3) is 4.68. The van der Waals surface area contributed by atoms with Crippen LogP contribution in [-0.4, -0.2) is 49.1 Å². The van der Waals surface area contributed by atoms with Crippen molar-refractivity contribution in [2.45, 2.75) is 36.8 Å². The van der Waals surface area contributed by atoms with E-state index in [2.05, 4.69) is 25.8 Å². The van der Waals surface area contributed by atoms with Gasteiger partial charge in [-0.3, -0.25) is 0 Å². The number of aromatic nitrogens is 3. The molecule has 0 unspecified atom stereocenters. The lowest BCUT2D eigenvalue weighted by Crippen LogP contribution is -2.29. The number of anilines is 4. The number of benzene rings is 1. The molecule has 1 aliphatic heterocycles. The fraction of sp³-hybridized carbons (Fsp3) is 0.381. The summed E-state index contributed by atoms with van der Waals surface area (Å²) in [6.07, 6.45) is 2.52. The highest BCUT2D eigenvalue weighted by Crippen LogP contribution is 2.31. The van der Waals surface area contributed by atoms with Gasteiger partial charge in [0.15, 0.2) is 9.84 Å². The molecule has 0 amide bonds. The largest absolute Gasteiger partial charge is 0.497 e. The molecule has 3 heterocycles. The summed E-state index contributed by atoms with van der Waals surface area (Å²) in [5.41, 5.74) is 2.17. The van der Waals surface area contributed by atoms with Gasteiger partial charge in [0, 0.05) is 36.7 Å². The molecule has 0 spiro atoms. The molecule has 11 heteroatoms. The molecule has 0 saturated carbocycles. The van der Waals surface area contributed by atoms with Crippen LogP contribution in [0.5, 0.6) is 5.75 Å². The molecule has 1 saturated heterocycles. The fourth-order valence-corrected chi connectivity index (χ4v) is 5.14. The van der Waals surface area contributed by atoms with Crippen molar-refractivity contribution in [1.82, 2.24) is 15.1 Å². The number of nitrogens with zero attached hydrogens (tertiary/aromatic N) is 3. The Morgan fingerprint density at radius 1 is 1.12 bits per heavy atom. The van der Waals surface area contributed by atoms with Gasteiger partial charge >= 0.3 is 0 Å². The van der Waals surface area contributed by atoms with Gasteiger partial charge in [-0.25, -0.2) is 13.4 Å². The summed E-state index contributed by atoms with van der Waals surface area (Å²) in [7, 11) is -2.04. The number of hydrogen-bond acceptors (Lipinski definition) is 10. The number of aryl methyl sites for hydroxylation is 1. The van der Waals surface area contributed by atoms with Crippen molar-refractivity contribution in [3.8, 4) is 5.75 Å². The van der Waals surface area contributed by atoms with Gasteiger partial charge in [-0.1, -0.05) is 5.16 Å². The second-order valence-electron chi connectivity index (χ2n) is 7.49. The number of methoxy groups -OCH3 is 1. The Morgan fingerprint density at radius 3 is 2.59 bits per heavy atom. The van der Waals surface area contributed by atoms with Crippen molar-refractivity contribution in [2.75, 3.05) is 31.0 Å². The van der Waals surface area contributed by atoms with Gasteiger partial charge < -0.3 is 24.6 Å². The first-order valence-corrected chi connectivity index (χ1v) is 11.7. The zero-order valence-corrected chi connectivity index (χ0v) is 18.9. The maximum Gasteiger partial charge on any atom is 0.233 e. The van der Waals surface area contributed by atoms with Crippen molar-refractivity contribution in [2.24, 2.45) is 0 Å². The lowest BCUT2D eigenvalue weighted by Gasteiger charge is -2.22. The summed E-state index contributed by atoms with van der Waals surface area (Å²) in [4.78, 5) is 8.84. The number of rotatable bonds is 7. The smallest absolute Gasteiger partial charge is 0.233 e. The highest BCUT2D eigenvalue weighted by molar-refractivity contribution is 7.92. The van der Waals surface area contributed by atoms with Gasteiger partial charge in [0.25, 0.3) is 0 Å². The maximum absolute atomic E-state index is 13.2. The summed E-state index contributed by atoms with van der Waals surface area (Å²) in [6, 6.07) is 6.48. The van der Waals surface area contributed by atoms with Crippen molar-refractivity contribution >= 4 is 33.2 Å². The van der Waals surface area contributed by atoms with Crippen LogP contribution >= 0.6 is 0 Å². The minimum absolute atomic E-state index is 0.188. The molecule has 0 radical (unpaired) electrons. The Labute approximate surface area is 186 Å². The van der Waals surface area contributed by atoms with E-state index < -0.39 is 15.1 Å². The lowest BCUT2D eigenvalue weighted by molar-refractivity contribution is 0.0983. The van der Waals surface area contributed by atoms with Gasteiger partial charge in [0.05, 0.1) is 22.9 Å². The summed E-state index contributed by atoms with van der Waals surface area (Å²) in [6.45, 7) is 4.63. The molecule has 4 rings (SSSR count). The summed E-state index contributed by atoms with van der Waals surface area (Å²) in [5, 5.41) is 9.57. The van der Waals surface area contributed by atoms with Crippen LogP contribution in [0.15, 0.2) is 39.9 Å². The third-order valence-corrected chi connectivity index (χ3v) is 7.60. The predicted octanol–water partition coefficient (Wildman–Crippen LogP) is 3.53. The van der Waals surface area contributed by atoms with Crippen LogP contribution in [0.1, 0.15) is 24.1 Å².